The summed E-state index contributed by atoms with van der Waals surface area (Å²) in [7, 11) is 4.85. The molecule has 158 valence electrons. The number of aromatic hydroxyl groups is 1. The van der Waals surface area contributed by atoms with E-state index >= 15 is 0 Å². The molecule has 0 amide bonds. The standard InChI is InChI=1S/C27H34NOP/c1-6-27(7-2,30-26-16-13-20(3)17-23(26)19-28(4)5)24-18-22(14-15-25(24)29)21-11-9-8-10-12-21/h8-18,29-30H,6-7,19H2,1-5H3. The molecule has 0 aliphatic carbocycles. The minimum Gasteiger partial charge on any atom is -0.508 e. The van der Waals surface area contributed by atoms with Gasteiger partial charge in [0.1, 0.15) is 5.75 Å². The first-order valence-electron chi connectivity index (χ1n) is 10.8. The molecule has 0 saturated heterocycles. The van der Waals surface area contributed by atoms with Crippen molar-refractivity contribution < 1.29 is 5.11 Å². The van der Waals surface area contributed by atoms with E-state index in [-0.39, 0.29) is 5.16 Å². The fraction of sp³-hybridized carbons (Fsp3) is 0.333. The predicted octanol–water partition coefficient (Wildman–Crippen LogP) is 6.45. The summed E-state index contributed by atoms with van der Waals surface area (Å²) in [5.41, 5.74) is 6.11. The summed E-state index contributed by atoms with van der Waals surface area (Å²) in [6.07, 6.45) is 1.98. The quantitative estimate of drug-likeness (QED) is 0.424. The second-order valence-corrected chi connectivity index (χ2v) is 10.2. The lowest BCUT2D eigenvalue weighted by molar-refractivity contribution is 0.403. The van der Waals surface area contributed by atoms with E-state index in [4.69, 9.17) is 0 Å². The first-order chi connectivity index (χ1) is 14.4. The number of aryl methyl sites for hydroxylation is 1. The van der Waals surface area contributed by atoms with E-state index in [0.29, 0.717) is 14.3 Å². The fourth-order valence-electron chi connectivity index (χ4n) is 4.18. The van der Waals surface area contributed by atoms with Crippen LogP contribution >= 0.6 is 8.58 Å². The van der Waals surface area contributed by atoms with Crippen LogP contribution in [0.4, 0.5) is 0 Å². The summed E-state index contributed by atoms with van der Waals surface area (Å²) >= 11 is 0. The first-order valence-corrected chi connectivity index (χ1v) is 11.8. The van der Waals surface area contributed by atoms with Gasteiger partial charge in [0.25, 0.3) is 0 Å². The second-order valence-electron chi connectivity index (χ2n) is 8.41. The Hall–Kier alpha value is -2.15. The van der Waals surface area contributed by atoms with Gasteiger partial charge in [0, 0.05) is 17.3 Å². The van der Waals surface area contributed by atoms with Crippen molar-refractivity contribution in [3.05, 3.63) is 83.4 Å². The molecular weight excluding hydrogens is 385 g/mol. The van der Waals surface area contributed by atoms with Crippen molar-refractivity contribution in [2.24, 2.45) is 0 Å². The topological polar surface area (TPSA) is 23.5 Å². The highest BCUT2D eigenvalue weighted by atomic mass is 31.1. The highest BCUT2D eigenvalue weighted by Crippen LogP contribution is 2.51. The average molecular weight is 420 g/mol. The van der Waals surface area contributed by atoms with Gasteiger partial charge in [0.2, 0.25) is 0 Å². The number of phenolic OH excluding ortho intramolecular Hbond substituents is 1. The minimum atomic E-state index is -0.0782. The molecule has 0 fully saturated rings. The zero-order chi connectivity index (χ0) is 21.7. The second kappa shape index (κ2) is 9.77. The maximum Gasteiger partial charge on any atom is 0.119 e. The van der Waals surface area contributed by atoms with Gasteiger partial charge in [-0.05, 0) is 68.0 Å². The summed E-state index contributed by atoms with van der Waals surface area (Å²) < 4.78 is 0. The summed E-state index contributed by atoms with van der Waals surface area (Å²) in [4.78, 5) is 2.23. The summed E-state index contributed by atoms with van der Waals surface area (Å²) in [5, 5.41) is 12.2. The maximum absolute atomic E-state index is 10.9. The zero-order valence-electron chi connectivity index (χ0n) is 18.9. The van der Waals surface area contributed by atoms with Gasteiger partial charge in [0.15, 0.2) is 0 Å². The van der Waals surface area contributed by atoms with E-state index in [1.165, 1.54) is 22.0 Å². The Balaban J connectivity index is 2.08. The van der Waals surface area contributed by atoms with Gasteiger partial charge < -0.3 is 10.0 Å². The highest BCUT2D eigenvalue weighted by molar-refractivity contribution is 7.48. The van der Waals surface area contributed by atoms with Crippen LogP contribution in [0.1, 0.15) is 43.4 Å². The van der Waals surface area contributed by atoms with Gasteiger partial charge in [-0.15, -0.1) is 0 Å². The van der Waals surface area contributed by atoms with Gasteiger partial charge in [-0.1, -0.05) is 82.6 Å². The van der Waals surface area contributed by atoms with Crippen molar-refractivity contribution >= 4 is 13.9 Å². The normalized spacial score (nSPS) is 12.2. The largest absolute Gasteiger partial charge is 0.508 e. The van der Waals surface area contributed by atoms with E-state index in [2.05, 4.69) is 88.3 Å². The fourth-order valence-corrected chi connectivity index (χ4v) is 5.86. The molecule has 0 bridgehead atoms. The monoisotopic (exact) mass is 419 g/mol. The van der Waals surface area contributed by atoms with Crippen molar-refractivity contribution in [2.75, 3.05) is 14.1 Å². The first kappa shape index (κ1) is 22.5. The molecule has 0 radical (unpaired) electrons. The van der Waals surface area contributed by atoms with Crippen LogP contribution in [0.5, 0.6) is 5.75 Å². The molecule has 1 atom stereocenters. The molecule has 0 aromatic heterocycles. The van der Waals surface area contributed by atoms with Gasteiger partial charge in [-0.25, -0.2) is 0 Å². The number of phenols is 1. The van der Waals surface area contributed by atoms with Gasteiger partial charge in [0.05, 0.1) is 0 Å². The third-order valence-electron chi connectivity index (χ3n) is 5.95. The van der Waals surface area contributed by atoms with Gasteiger partial charge in [-0.3, -0.25) is 0 Å². The number of hydrogen-bond acceptors (Lipinski definition) is 2. The lowest BCUT2D eigenvalue weighted by atomic mass is 9.89. The van der Waals surface area contributed by atoms with Crippen molar-refractivity contribution in [2.45, 2.75) is 45.3 Å². The Morgan fingerprint density at radius 2 is 1.57 bits per heavy atom. The molecule has 1 unspecified atom stereocenters. The molecule has 3 rings (SSSR count). The van der Waals surface area contributed by atoms with Crippen molar-refractivity contribution in [3.63, 3.8) is 0 Å². The van der Waals surface area contributed by atoms with Crippen LogP contribution in [0.3, 0.4) is 0 Å². The molecule has 0 aliphatic rings. The molecule has 2 nitrogen and oxygen atoms in total. The van der Waals surface area contributed by atoms with E-state index in [1.807, 2.05) is 18.2 Å². The zero-order valence-corrected chi connectivity index (χ0v) is 19.9. The Labute approximate surface area is 183 Å². The smallest absolute Gasteiger partial charge is 0.119 e. The lowest BCUT2D eigenvalue weighted by Gasteiger charge is -2.34. The van der Waals surface area contributed by atoms with E-state index in [0.717, 1.165) is 30.5 Å². The molecule has 30 heavy (non-hydrogen) atoms. The van der Waals surface area contributed by atoms with E-state index in [9.17, 15) is 5.11 Å². The van der Waals surface area contributed by atoms with Crippen LogP contribution in [0.25, 0.3) is 11.1 Å². The molecule has 3 heteroatoms. The molecule has 0 spiro atoms. The van der Waals surface area contributed by atoms with Gasteiger partial charge >= 0.3 is 0 Å². The molecule has 0 saturated carbocycles. The Morgan fingerprint density at radius 1 is 0.867 bits per heavy atom. The SMILES string of the molecule is CCC(CC)(Pc1ccc(C)cc1CN(C)C)c1cc(-c2ccccc2)ccc1O. The van der Waals surface area contributed by atoms with Crippen molar-refractivity contribution in [1.82, 2.24) is 4.90 Å². The average Bonchev–Trinajstić information content (AvgIpc) is 2.74. The van der Waals surface area contributed by atoms with Crippen LogP contribution in [0.15, 0.2) is 66.7 Å². The Morgan fingerprint density at radius 3 is 2.20 bits per heavy atom. The van der Waals surface area contributed by atoms with Crippen LogP contribution in [-0.4, -0.2) is 24.1 Å². The van der Waals surface area contributed by atoms with Crippen LogP contribution < -0.4 is 5.30 Å². The number of benzene rings is 3. The predicted molar refractivity (Wildman–Crippen MR) is 132 cm³/mol. The maximum atomic E-state index is 10.9. The summed E-state index contributed by atoms with van der Waals surface area (Å²) in [6.45, 7) is 7.60. The molecule has 1 N–H and O–H groups in total. The lowest BCUT2D eigenvalue weighted by Crippen LogP contribution is -2.25. The molecule has 3 aromatic carbocycles. The molecule has 0 heterocycles. The number of rotatable bonds is 8. The summed E-state index contributed by atoms with van der Waals surface area (Å²) in [6, 6.07) is 23.4. The van der Waals surface area contributed by atoms with Gasteiger partial charge in [-0.2, -0.15) is 0 Å². The molecule has 0 aliphatic heterocycles. The van der Waals surface area contributed by atoms with Crippen molar-refractivity contribution in [3.8, 4) is 16.9 Å². The number of hydrogen-bond donors (Lipinski definition) is 1. The van der Waals surface area contributed by atoms with E-state index in [1.54, 1.807) is 0 Å². The Kier molecular flexibility index (Phi) is 7.34. The molecular formula is C27H34NOP. The van der Waals surface area contributed by atoms with E-state index < -0.39 is 0 Å². The third kappa shape index (κ3) is 4.94. The van der Waals surface area contributed by atoms with Crippen LogP contribution in [0.2, 0.25) is 0 Å². The van der Waals surface area contributed by atoms with Crippen LogP contribution in [-0.2, 0) is 11.7 Å². The highest BCUT2D eigenvalue weighted by Gasteiger charge is 2.32. The molecule has 3 aromatic rings. The third-order valence-corrected chi connectivity index (χ3v) is 8.16. The summed E-state index contributed by atoms with van der Waals surface area (Å²) in [5.74, 6) is 0.409. The Bertz CT molecular complexity index is 977. The number of nitrogens with zero attached hydrogens (tertiary/aromatic N) is 1. The van der Waals surface area contributed by atoms with Crippen molar-refractivity contribution in [1.29, 1.82) is 0 Å². The minimum absolute atomic E-state index is 0.0782. The van der Waals surface area contributed by atoms with Crippen LogP contribution in [0, 0.1) is 6.92 Å².